The molecular weight excluding hydrogens is 448 g/mol. The van der Waals surface area contributed by atoms with Crippen molar-refractivity contribution in [2.75, 3.05) is 5.43 Å². The highest BCUT2D eigenvalue weighted by molar-refractivity contribution is 7.99. The third-order valence-electron chi connectivity index (χ3n) is 6.10. The summed E-state index contributed by atoms with van der Waals surface area (Å²) in [6, 6.07) is 35.0. The van der Waals surface area contributed by atoms with Gasteiger partial charge in [-0.1, -0.05) is 105 Å². The second-order valence-corrected chi connectivity index (χ2v) is 10.8. The SMILES string of the molecule is CC(C)(C)c1ccc(C(=O)Nn2cc(Sc3ccc(-c4ccccc4)cc3)c3ccccc32)cc1. The molecule has 3 nitrogen and oxygen atoms in total. The molecule has 1 amide bonds. The van der Waals surface area contributed by atoms with E-state index in [1.165, 1.54) is 16.7 Å². The zero-order chi connectivity index (χ0) is 24.4. The minimum absolute atomic E-state index is 0.0526. The molecule has 0 aliphatic carbocycles. The van der Waals surface area contributed by atoms with Gasteiger partial charge in [-0.3, -0.25) is 14.9 Å². The number of rotatable bonds is 5. The van der Waals surface area contributed by atoms with E-state index in [0.717, 1.165) is 20.7 Å². The number of amides is 1. The van der Waals surface area contributed by atoms with Crippen LogP contribution in [0, 0.1) is 0 Å². The molecule has 0 fully saturated rings. The molecule has 174 valence electrons. The smallest absolute Gasteiger partial charge is 0.267 e. The minimum Gasteiger partial charge on any atom is -0.267 e. The fourth-order valence-corrected chi connectivity index (χ4v) is 5.06. The van der Waals surface area contributed by atoms with Crippen LogP contribution in [-0.4, -0.2) is 10.6 Å². The quantitative estimate of drug-likeness (QED) is 0.278. The minimum atomic E-state index is -0.130. The van der Waals surface area contributed by atoms with Gasteiger partial charge in [0, 0.05) is 26.9 Å². The molecule has 5 aromatic rings. The van der Waals surface area contributed by atoms with E-state index in [4.69, 9.17) is 0 Å². The Hall–Kier alpha value is -3.76. The van der Waals surface area contributed by atoms with E-state index in [1.807, 2.05) is 59.4 Å². The Morgan fingerprint density at radius 2 is 1.37 bits per heavy atom. The number of aromatic nitrogens is 1. The van der Waals surface area contributed by atoms with E-state index in [1.54, 1.807) is 11.8 Å². The van der Waals surface area contributed by atoms with Crippen LogP contribution in [0.25, 0.3) is 22.0 Å². The van der Waals surface area contributed by atoms with Crippen molar-refractivity contribution in [1.82, 2.24) is 4.68 Å². The van der Waals surface area contributed by atoms with Crippen molar-refractivity contribution in [2.45, 2.75) is 36.0 Å². The summed E-state index contributed by atoms with van der Waals surface area (Å²) >= 11 is 1.70. The molecule has 0 saturated heterocycles. The average molecular weight is 477 g/mol. The summed E-state index contributed by atoms with van der Waals surface area (Å²) in [6.45, 7) is 6.51. The Labute approximate surface area is 210 Å². The zero-order valence-corrected chi connectivity index (χ0v) is 21.0. The molecule has 0 unspecified atom stereocenters. The fourth-order valence-electron chi connectivity index (χ4n) is 4.09. The summed E-state index contributed by atoms with van der Waals surface area (Å²) in [6.07, 6.45) is 2.00. The van der Waals surface area contributed by atoms with Crippen molar-refractivity contribution in [3.05, 3.63) is 120 Å². The molecule has 1 heterocycles. The van der Waals surface area contributed by atoms with Gasteiger partial charge in [0.05, 0.1) is 5.52 Å². The Balaban J connectivity index is 1.38. The standard InChI is InChI=1S/C31H28N2OS/c1-31(2,3)25-17-13-24(14-18-25)30(34)32-33-21-29(27-11-7-8-12-28(27)33)35-26-19-15-23(16-20-26)22-9-5-4-6-10-22/h4-21H,1-3H3,(H,32,34). The van der Waals surface area contributed by atoms with E-state index in [2.05, 4.69) is 80.8 Å². The molecule has 4 heteroatoms. The third kappa shape index (κ3) is 5.03. The van der Waals surface area contributed by atoms with E-state index >= 15 is 0 Å². The number of hydrogen-bond donors (Lipinski definition) is 1. The molecule has 0 aliphatic rings. The maximum atomic E-state index is 13.0. The summed E-state index contributed by atoms with van der Waals surface area (Å²) in [5, 5.41) is 1.10. The maximum absolute atomic E-state index is 13.0. The maximum Gasteiger partial charge on any atom is 0.270 e. The summed E-state index contributed by atoms with van der Waals surface area (Å²) < 4.78 is 1.83. The van der Waals surface area contributed by atoms with Crippen LogP contribution < -0.4 is 5.43 Å². The van der Waals surface area contributed by atoms with Crippen LogP contribution in [0.4, 0.5) is 0 Å². The van der Waals surface area contributed by atoms with E-state index in [0.29, 0.717) is 5.56 Å². The van der Waals surface area contributed by atoms with Gasteiger partial charge in [0.15, 0.2) is 0 Å². The van der Waals surface area contributed by atoms with Gasteiger partial charge >= 0.3 is 0 Å². The molecule has 0 aliphatic heterocycles. The summed E-state index contributed by atoms with van der Waals surface area (Å²) in [4.78, 5) is 15.3. The van der Waals surface area contributed by atoms with Gasteiger partial charge in [0.25, 0.3) is 5.91 Å². The fraction of sp³-hybridized carbons (Fsp3) is 0.129. The molecule has 0 saturated carbocycles. The topological polar surface area (TPSA) is 34.0 Å². The number of fused-ring (bicyclic) bond motifs is 1. The van der Waals surface area contributed by atoms with Gasteiger partial charge in [0.1, 0.15) is 0 Å². The zero-order valence-electron chi connectivity index (χ0n) is 20.2. The van der Waals surface area contributed by atoms with Crippen molar-refractivity contribution < 1.29 is 4.79 Å². The molecule has 1 N–H and O–H groups in total. The highest BCUT2D eigenvalue weighted by Gasteiger charge is 2.16. The number of hydrogen-bond acceptors (Lipinski definition) is 2. The van der Waals surface area contributed by atoms with Gasteiger partial charge in [-0.05, 0) is 52.4 Å². The van der Waals surface area contributed by atoms with Gasteiger partial charge < -0.3 is 0 Å². The lowest BCUT2D eigenvalue weighted by molar-refractivity contribution is 0.101. The average Bonchev–Trinajstić information content (AvgIpc) is 3.21. The molecule has 1 aromatic heterocycles. The first-order valence-corrected chi connectivity index (χ1v) is 12.6. The normalized spacial score (nSPS) is 11.5. The van der Waals surface area contributed by atoms with Crippen LogP contribution in [0.15, 0.2) is 119 Å². The number of carbonyl (C=O) groups excluding carboxylic acids is 1. The van der Waals surface area contributed by atoms with Crippen LogP contribution >= 0.6 is 11.8 Å². The Kier molecular flexibility index (Phi) is 6.23. The summed E-state index contributed by atoms with van der Waals surface area (Å²) in [7, 11) is 0. The number of benzene rings is 4. The van der Waals surface area contributed by atoms with Crippen LogP contribution in [0.2, 0.25) is 0 Å². The lowest BCUT2D eigenvalue weighted by atomic mass is 9.87. The molecular formula is C31H28N2OS. The van der Waals surface area contributed by atoms with Crippen LogP contribution in [0.5, 0.6) is 0 Å². The first-order chi connectivity index (χ1) is 16.9. The van der Waals surface area contributed by atoms with Gasteiger partial charge in [-0.2, -0.15) is 0 Å². The summed E-state index contributed by atoms with van der Waals surface area (Å²) in [5.74, 6) is -0.130. The Morgan fingerprint density at radius 1 is 0.743 bits per heavy atom. The third-order valence-corrected chi connectivity index (χ3v) is 7.15. The number of para-hydroxylation sites is 1. The molecule has 5 rings (SSSR count). The van der Waals surface area contributed by atoms with E-state index < -0.39 is 0 Å². The Morgan fingerprint density at radius 3 is 2.06 bits per heavy atom. The summed E-state index contributed by atoms with van der Waals surface area (Å²) in [5.41, 5.74) is 8.33. The molecule has 35 heavy (non-hydrogen) atoms. The first kappa shape index (κ1) is 23.0. The first-order valence-electron chi connectivity index (χ1n) is 11.7. The lowest BCUT2D eigenvalue weighted by Gasteiger charge is -2.19. The second kappa shape index (κ2) is 9.47. The van der Waals surface area contributed by atoms with Crippen LogP contribution in [-0.2, 0) is 5.41 Å². The molecule has 0 radical (unpaired) electrons. The molecule has 0 bridgehead atoms. The highest BCUT2D eigenvalue weighted by Crippen LogP contribution is 2.35. The monoisotopic (exact) mass is 476 g/mol. The van der Waals surface area contributed by atoms with Crippen LogP contribution in [0.1, 0.15) is 36.7 Å². The van der Waals surface area contributed by atoms with Gasteiger partial charge in [-0.25, -0.2) is 0 Å². The predicted molar refractivity (Wildman–Crippen MR) is 147 cm³/mol. The lowest BCUT2D eigenvalue weighted by Crippen LogP contribution is -2.22. The second-order valence-electron chi connectivity index (χ2n) is 9.64. The Bertz CT molecular complexity index is 1460. The van der Waals surface area contributed by atoms with Gasteiger partial charge in [0.2, 0.25) is 0 Å². The highest BCUT2D eigenvalue weighted by atomic mass is 32.2. The van der Waals surface area contributed by atoms with E-state index in [9.17, 15) is 4.79 Å². The molecule has 0 atom stereocenters. The van der Waals surface area contributed by atoms with Crippen molar-refractivity contribution in [3.63, 3.8) is 0 Å². The predicted octanol–water partition coefficient (Wildman–Crippen LogP) is 8.14. The van der Waals surface area contributed by atoms with Crippen molar-refractivity contribution in [2.24, 2.45) is 0 Å². The molecule has 0 spiro atoms. The number of carbonyl (C=O) groups is 1. The van der Waals surface area contributed by atoms with Crippen molar-refractivity contribution >= 4 is 28.6 Å². The van der Waals surface area contributed by atoms with Crippen LogP contribution in [0.3, 0.4) is 0 Å². The number of nitrogens with zero attached hydrogens (tertiary/aromatic N) is 1. The molecule has 4 aromatic carbocycles. The van der Waals surface area contributed by atoms with Gasteiger partial charge in [-0.15, -0.1) is 0 Å². The number of nitrogens with one attached hydrogen (secondary N) is 1. The van der Waals surface area contributed by atoms with Crippen molar-refractivity contribution in [1.29, 1.82) is 0 Å². The van der Waals surface area contributed by atoms with Crippen molar-refractivity contribution in [3.8, 4) is 11.1 Å². The van der Waals surface area contributed by atoms with E-state index in [-0.39, 0.29) is 11.3 Å². The largest absolute Gasteiger partial charge is 0.270 e.